The molecule has 0 aliphatic carbocycles. The minimum atomic E-state index is -2.51. The fraction of sp³-hybridized carbons (Fsp3) is 0.647. The molecule has 1 nitrogen and oxygen atoms in total. The number of benzene rings is 1. The van der Waals surface area contributed by atoms with Crippen LogP contribution in [-0.2, 0) is 12.0 Å². The highest BCUT2D eigenvalue weighted by molar-refractivity contribution is 5.28. The van der Waals surface area contributed by atoms with Crippen molar-refractivity contribution in [2.75, 3.05) is 0 Å². The van der Waals surface area contributed by atoms with E-state index in [1.54, 1.807) is 6.92 Å². The second kappa shape index (κ2) is 7.72. The Morgan fingerprint density at radius 1 is 1.05 bits per heavy atom. The smallest absolute Gasteiger partial charge is 0.244 e. The van der Waals surface area contributed by atoms with Crippen LogP contribution in [0.15, 0.2) is 24.3 Å². The van der Waals surface area contributed by atoms with Gasteiger partial charge in [0.1, 0.15) is 0 Å². The van der Waals surface area contributed by atoms with Crippen LogP contribution in [0.2, 0.25) is 0 Å². The van der Waals surface area contributed by atoms with Crippen molar-refractivity contribution < 1.29 is 13.9 Å². The second-order valence-corrected chi connectivity index (χ2v) is 5.47. The molecule has 0 aliphatic heterocycles. The van der Waals surface area contributed by atoms with Crippen LogP contribution in [-0.4, -0.2) is 11.5 Å². The second-order valence-electron chi connectivity index (χ2n) is 5.47. The predicted molar refractivity (Wildman–Crippen MR) is 79.0 cm³/mol. The molecular weight excluding hydrogens is 258 g/mol. The maximum atomic E-state index is 13.2. The van der Waals surface area contributed by atoms with E-state index in [2.05, 4.69) is 6.92 Å². The maximum Gasteiger partial charge on any atom is 0.244 e. The molecule has 0 bridgehead atoms. The molecule has 1 N–H and O–H groups in total. The molecular formula is C17H26F2O. The average Bonchev–Trinajstić information content (AvgIpc) is 2.40. The average molecular weight is 284 g/mol. The minimum Gasteiger partial charge on any atom is -0.385 e. The molecule has 1 aromatic rings. The van der Waals surface area contributed by atoms with Gasteiger partial charge in [0.05, 0.1) is 11.5 Å². The Balaban J connectivity index is 3.10. The molecule has 0 aromatic heterocycles. The number of hydrogen-bond acceptors (Lipinski definition) is 1. The summed E-state index contributed by atoms with van der Waals surface area (Å²) in [5, 5.41) is 10.9. The largest absolute Gasteiger partial charge is 0.385 e. The van der Waals surface area contributed by atoms with Gasteiger partial charge < -0.3 is 5.11 Å². The van der Waals surface area contributed by atoms with Gasteiger partial charge in [-0.25, -0.2) is 8.78 Å². The zero-order valence-corrected chi connectivity index (χ0v) is 12.7. The SMILES string of the molecule is CCCc1ccc(C(O)(CCC)C(CC)C(F)F)cc1. The van der Waals surface area contributed by atoms with Crippen molar-refractivity contribution >= 4 is 0 Å². The molecule has 0 saturated heterocycles. The number of rotatable bonds is 8. The van der Waals surface area contributed by atoms with Crippen LogP contribution >= 0.6 is 0 Å². The lowest BCUT2D eigenvalue weighted by atomic mass is 9.76. The van der Waals surface area contributed by atoms with E-state index in [0.717, 1.165) is 12.8 Å². The van der Waals surface area contributed by atoms with Gasteiger partial charge in [0.25, 0.3) is 0 Å². The van der Waals surface area contributed by atoms with E-state index in [0.29, 0.717) is 18.4 Å². The highest BCUT2D eigenvalue weighted by Crippen LogP contribution is 2.39. The van der Waals surface area contributed by atoms with E-state index < -0.39 is 17.9 Å². The summed E-state index contributed by atoms with van der Waals surface area (Å²) in [6.45, 7) is 5.72. The van der Waals surface area contributed by atoms with E-state index in [1.165, 1.54) is 5.56 Å². The number of aliphatic hydroxyl groups is 1. The normalized spacial score (nSPS) is 16.1. The first kappa shape index (κ1) is 17.1. The summed E-state index contributed by atoms with van der Waals surface area (Å²) < 4.78 is 26.5. The molecule has 0 saturated carbocycles. The van der Waals surface area contributed by atoms with Gasteiger partial charge >= 0.3 is 0 Å². The van der Waals surface area contributed by atoms with Crippen LogP contribution in [0.4, 0.5) is 8.78 Å². The van der Waals surface area contributed by atoms with Gasteiger partial charge in [-0.3, -0.25) is 0 Å². The molecule has 2 atom stereocenters. The van der Waals surface area contributed by atoms with Gasteiger partial charge in [-0.2, -0.15) is 0 Å². The Kier molecular flexibility index (Phi) is 6.60. The van der Waals surface area contributed by atoms with Crippen molar-refractivity contribution in [1.29, 1.82) is 0 Å². The van der Waals surface area contributed by atoms with Crippen molar-refractivity contribution in [1.82, 2.24) is 0 Å². The van der Waals surface area contributed by atoms with Crippen molar-refractivity contribution in [2.45, 2.75) is 64.9 Å². The highest BCUT2D eigenvalue weighted by Gasteiger charge is 2.41. The lowest BCUT2D eigenvalue weighted by molar-refractivity contribution is -0.0975. The lowest BCUT2D eigenvalue weighted by Crippen LogP contribution is -2.39. The van der Waals surface area contributed by atoms with E-state index in [1.807, 2.05) is 31.2 Å². The van der Waals surface area contributed by atoms with Gasteiger partial charge in [0.2, 0.25) is 6.43 Å². The first-order valence-electron chi connectivity index (χ1n) is 7.59. The summed E-state index contributed by atoms with van der Waals surface area (Å²) in [5.74, 6) is -1.01. The van der Waals surface area contributed by atoms with Crippen molar-refractivity contribution in [3.8, 4) is 0 Å². The minimum absolute atomic E-state index is 0.269. The van der Waals surface area contributed by atoms with Crippen molar-refractivity contribution in [3.05, 3.63) is 35.4 Å². The summed E-state index contributed by atoms with van der Waals surface area (Å²) in [6.07, 6.45) is 0.822. The summed E-state index contributed by atoms with van der Waals surface area (Å²) in [4.78, 5) is 0. The Labute approximate surface area is 121 Å². The Hall–Kier alpha value is -0.960. The van der Waals surface area contributed by atoms with Gasteiger partial charge in [-0.05, 0) is 30.4 Å². The van der Waals surface area contributed by atoms with Gasteiger partial charge in [0, 0.05) is 0 Å². The molecule has 0 radical (unpaired) electrons. The summed E-state index contributed by atoms with van der Waals surface area (Å²) >= 11 is 0. The Bertz CT molecular complexity index is 388. The monoisotopic (exact) mass is 284 g/mol. The van der Waals surface area contributed by atoms with E-state index in [4.69, 9.17) is 0 Å². The van der Waals surface area contributed by atoms with Crippen LogP contribution in [0, 0.1) is 5.92 Å². The number of alkyl halides is 2. The zero-order valence-electron chi connectivity index (χ0n) is 12.7. The van der Waals surface area contributed by atoms with Crippen LogP contribution in [0.25, 0.3) is 0 Å². The molecule has 0 fully saturated rings. The van der Waals surface area contributed by atoms with Crippen LogP contribution in [0.1, 0.15) is 57.6 Å². The number of halogens is 2. The summed E-state index contributed by atoms with van der Waals surface area (Å²) in [6, 6.07) is 7.51. The molecule has 1 rings (SSSR count). The van der Waals surface area contributed by atoms with Crippen molar-refractivity contribution in [2.24, 2.45) is 5.92 Å². The van der Waals surface area contributed by atoms with Gasteiger partial charge in [0.15, 0.2) is 0 Å². The molecule has 1 aromatic carbocycles. The molecule has 0 spiro atoms. The third-order valence-electron chi connectivity index (χ3n) is 3.98. The fourth-order valence-electron chi connectivity index (χ4n) is 2.90. The molecule has 2 unspecified atom stereocenters. The summed E-state index contributed by atoms with van der Waals surface area (Å²) in [7, 11) is 0. The Morgan fingerprint density at radius 2 is 1.65 bits per heavy atom. The number of aryl methyl sites for hydroxylation is 1. The van der Waals surface area contributed by atoms with Crippen molar-refractivity contribution in [3.63, 3.8) is 0 Å². The quantitative estimate of drug-likeness (QED) is 0.718. The van der Waals surface area contributed by atoms with Crippen LogP contribution < -0.4 is 0 Å². The standard InChI is InChI=1S/C17H26F2O/c1-4-7-13-8-10-14(11-9-13)17(20,12-5-2)15(6-3)16(18)19/h8-11,15-16,20H,4-7,12H2,1-3H3. The third kappa shape index (κ3) is 3.78. The van der Waals surface area contributed by atoms with E-state index in [9.17, 15) is 13.9 Å². The van der Waals surface area contributed by atoms with E-state index in [-0.39, 0.29) is 6.42 Å². The maximum absolute atomic E-state index is 13.2. The van der Waals surface area contributed by atoms with Gasteiger partial charge in [-0.15, -0.1) is 0 Å². The predicted octanol–water partition coefficient (Wildman–Crippen LogP) is 4.92. The molecule has 114 valence electrons. The first-order chi connectivity index (χ1) is 9.49. The molecule has 20 heavy (non-hydrogen) atoms. The molecule has 3 heteroatoms. The topological polar surface area (TPSA) is 20.2 Å². The number of hydrogen-bond donors (Lipinski definition) is 1. The van der Waals surface area contributed by atoms with Gasteiger partial charge in [-0.1, -0.05) is 57.9 Å². The highest BCUT2D eigenvalue weighted by atomic mass is 19.3. The Morgan fingerprint density at radius 3 is 2.05 bits per heavy atom. The molecule has 0 heterocycles. The van der Waals surface area contributed by atoms with Crippen LogP contribution in [0.5, 0.6) is 0 Å². The molecule has 0 aliphatic rings. The third-order valence-corrected chi connectivity index (χ3v) is 3.98. The summed E-state index contributed by atoms with van der Waals surface area (Å²) in [5.41, 5.74) is 0.370. The van der Waals surface area contributed by atoms with Crippen LogP contribution in [0.3, 0.4) is 0 Å². The fourth-order valence-corrected chi connectivity index (χ4v) is 2.90. The molecule has 0 amide bonds. The van der Waals surface area contributed by atoms with E-state index >= 15 is 0 Å². The lowest BCUT2D eigenvalue weighted by Gasteiger charge is -2.36. The zero-order chi connectivity index (χ0) is 15.2. The first-order valence-corrected chi connectivity index (χ1v) is 7.59.